The van der Waals surface area contributed by atoms with Crippen molar-refractivity contribution in [2.45, 2.75) is 26.3 Å². The Hall–Kier alpha value is -2.83. The van der Waals surface area contributed by atoms with Crippen molar-refractivity contribution in [3.63, 3.8) is 0 Å². The average molecular weight is 390 g/mol. The molecule has 1 aliphatic rings. The quantitative estimate of drug-likeness (QED) is 0.621. The van der Waals surface area contributed by atoms with Crippen LogP contribution >= 0.6 is 0 Å². The van der Waals surface area contributed by atoms with E-state index >= 15 is 0 Å². The Bertz CT molecular complexity index is 959. The number of benzene rings is 2. The van der Waals surface area contributed by atoms with Gasteiger partial charge in [0, 0.05) is 32.5 Å². The normalized spacial score (nSPS) is 14.8. The van der Waals surface area contributed by atoms with Crippen molar-refractivity contribution in [1.82, 2.24) is 19.9 Å². The zero-order valence-corrected chi connectivity index (χ0v) is 16.8. The van der Waals surface area contributed by atoms with E-state index in [1.807, 2.05) is 61.7 Å². The lowest BCUT2D eigenvalue weighted by Crippen LogP contribution is -2.35. The smallest absolute Gasteiger partial charge is 0.141 e. The third-order valence-corrected chi connectivity index (χ3v) is 5.28. The Kier molecular flexibility index (Phi) is 6.12. The van der Waals surface area contributed by atoms with Crippen LogP contribution in [0.25, 0.3) is 5.69 Å². The second-order valence-electron chi connectivity index (χ2n) is 7.53. The molecule has 29 heavy (non-hydrogen) atoms. The summed E-state index contributed by atoms with van der Waals surface area (Å²) < 4.78 is 7.17. The van der Waals surface area contributed by atoms with Gasteiger partial charge in [-0.25, -0.2) is 4.68 Å². The first-order valence-electron chi connectivity index (χ1n) is 10.0. The molecule has 2 aromatic carbocycles. The summed E-state index contributed by atoms with van der Waals surface area (Å²) in [6.45, 7) is 6.24. The first-order chi connectivity index (χ1) is 14.2. The van der Waals surface area contributed by atoms with Gasteiger partial charge in [0.25, 0.3) is 0 Å². The summed E-state index contributed by atoms with van der Waals surface area (Å²) in [4.78, 5) is 14.8. The predicted octanol–water partition coefficient (Wildman–Crippen LogP) is 2.76. The Labute approximate surface area is 171 Å². The van der Waals surface area contributed by atoms with Crippen molar-refractivity contribution in [1.29, 1.82) is 0 Å². The number of hydrogen-bond donors (Lipinski definition) is 0. The van der Waals surface area contributed by atoms with Crippen LogP contribution in [0.4, 0.5) is 0 Å². The van der Waals surface area contributed by atoms with Crippen molar-refractivity contribution in [3.05, 3.63) is 77.1 Å². The van der Waals surface area contributed by atoms with Gasteiger partial charge in [-0.05, 0) is 35.7 Å². The van der Waals surface area contributed by atoms with Gasteiger partial charge in [0.05, 0.1) is 30.8 Å². The molecule has 6 heteroatoms. The Morgan fingerprint density at radius 2 is 1.79 bits per heavy atom. The second-order valence-corrected chi connectivity index (χ2v) is 7.53. The molecule has 1 fully saturated rings. The summed E-state index contributed by atoms with van der Waals surface area (Å²) in [6, 6.07) is 16.0. The molecule has 0 unspecified atom stereocenters. The SMILES string of the molecule is Cc1ccccc1CC(=O)Cc1ccc(-n2cc(CN3CCOCC3)nn2)cc1. The number of hydrogen-bond acceptors (Lipinski definition) is 5. The maximum Gasteiger partial charge on any atom is 0.141 e. The van der Waals surface area contributed by atoms with E-state index in [2.05, 4.69) is 15.2 Å². The van der Waals surface area contributed by atoms with E-state index in [0.29, 0.717) is 12.8 Å². The number of nitrogens with zero attached hydrogens (tertiary/aromatic N) is 4. The van der Waals surface area contributed by atoms with Gasteiger partial charge in [0.1, 0.15) is 5.78 Å². The van der Waals surface area contributed by atoms with Crippen LogP contribution in [0.3, 0.4) is 0 Å². The number of carbonyl (C=O) groups is 1. The first-order valence-corrected chi connectivity index (χ1v) is 10.0. The number of aryl methyl sites for hydroxylation is 1. The zero-order valence-electron chi connectivity index (χ0n) is 16.8. The lowest BCUT2D eigenvalue weighted by Gasteiger charge is -2.25. The highest BCUT2D eigenvalue weighted by molar-refractivity contribution is 5.83. The Morgan fingerprint density at radius 1 is 1.03 bits per heavy atom. The fourth-order valence-electron chi connectivity index (χ4n) is 3.56. The van der Waals surface area contributed by atoms with Gasteiger partial charge in [-0.2, -0.15) is 0 Å². The van der Waals surface area contributed by atoms with Crippen molar-refractivity contribution in [2.75, 3.05) is 26.3 Å². The molecule has 3 aromatic rings. The molecule has 4 rings (SSSR count). The van der Waals surface area contributed by atoms with E-state index in [9.17, 15) is 4.79 Å². The summed E-state index contributed by atoms with van der Waals surface area (Å²) in [5.74, 6) is 0.223. The number of carbonyl (C=O) groups excluding carboxylic acids is 1. The molecule has 2 heterocycles. The Balaban J connectivity index is 1.35. The molecule has 0 atom stereocenters. The van der Waals surface area contributed by atoms with E-state index in [1.54, 1.807) is 4.68 Å². The maximum atomic E-state index is 12.4. The molecule has 0 radical (unpaired) electrons. The van der Waals surface area contributed by atoms with Crippen LogP contribution in [0.5, 0.6) is 0 Å². The molecular weight excluding hydrogens is 364 g/mol. The van der Waals surface area contributed by atoms with Crippen molar-refractivity contribution in [2.24, 2.45) is 0 Å². The van der Waals surface area contributed by atoms with E-state index < -0.39 is 0 Å². The molecule has 0 amide bonds. The molecule has 1 saturated heterocycles. The number of ether oxygens (including phenoxy) is 1. The van der Waals surface area contributed by atoms with Crippen LogP contribution in [-0.4, -0.2) is 52.0 Å². The van der Waals surface area contributed by atoms with Gasteiger partial charge in [-0.3, -0.25) is 9.69 Å². The highest BCUT2D eigenvalue weighted by atomic mass is 16.5. The van der Waals surface area contributed by atoms with Gasteiger partial charge in [-0.1, -0.05) is 41.6 Å². The van der Waals surface area contributed by atoms with Gasteiger partial charge < -0.3 is 4.74 Å². The minimum Gasteiger partial charge on any atom is -0.379 e. The van der Waals surface area contributed by atoms with Gasteiger partial charge in [0.2, 0.25) is 0 Å². The number of Topliss-reactive ketones (excluding diaryl/α,β-unsaturated/α-hetero) is 1. The lowest BCUT2D eigenvalue weighted by atomic mass is 9.99. The van der Waals surface area contributed by atoms with Gasteiger partial charge in [0.15, 0.2) is 0 Å². The van der Waals surface area contributed by atoms with Crippen molar-refractivity contribution in [3.8, 4) is 5.69 Å². The lowest BCUT2D eigenvalue weighted by molar-refractivity contribution is -0.117. The highest BCUT2D eigenvalue weighted by Gasteiger charge is 2.13. The largest absolute Gasteiger partial charge is 0.379 e. The molecular formula is C23H26N4O2. The molecule has 0 N–H and O–H groups in total. The highest BCUT2D eigenvalue weighted by Crippen LogP contribution is 2.13. The predicted molar refractivity (Wildman–Crippen MR) is 111 cm³/mol. The standard InChI is InChI=1S/C23H26N4O2/c1-18-4-2-3-5-20(18)15-23(28)14-19-6-8-22(9-7-19)27-17-21(24-25-27)16-26-10-12-29-13-11-26/h2-9,17H,10-16H2,1H3. The van der Waals surface area contributed by atoms with E-state index in [-0.39, 0.29) is 5.78 Å². The summed E-state index contributed by atoms with van der Waals surface area (Å²) in [7, 11) is 0. The molecule has 0 spiro atoms. The molecule has 1 aliphatic heterocycles. The average Bonchev–Trinajstić information content (AvgIpc) is 3.19. The van der Waals surface area contributed by atoms with E-state index in [4.69, 9.17) is 4.74 Å². The topological polar surface area (TPSA) is 60.2 Å². The number of morpholine rings is 1. The van der Waals surface area contributed by atoms with Crippen LogP contribution in [0, 0.1) is 6.92 Å². The molecule has 1 aromatic heterocycles. The van der Waals surface area contributed by atoms with Crippen molar-refractivity contribution >= 4 is 5.78 Å². The second kappa shape index (κ2) is 9.11. The zero-order chi connectivity index (χ0) is 20.1. The van der Waals surface area contributed by atoms with Crippen LogP contribution in [-0.2, 0) is 28.9 Å². The van der Waals surface area contributed by atoms with Gasteiger partial charge in [-0.15, -0.1) is 5.10 Å². The summed E-state index contributed by atoms with van der Waals surface area (Å²) in [5, 5.41) is 8.54. The van der Waals surface area contributed by atoms with E-state index in [0.717, 1.165) is 60.9 Å². The van der Waals surface area contributed by atoms with Crippen LogP contribution < -0.4 is 0 Å². The van der Waals surface area contributed by atoms with Crippen LogP contribution in [0.1, 0.15) is 22.4 Å². The molecule has 6 nitrogen and oxygen atoms in total. The molecule has 0 saturated carbocycles. The Morgan fingerprint density at radius 3 is 2.55 bits per heavy atom. The molecule has 0 bridgehead atoms. The fourth-order valence-corrected chi connectivity index (χ4v) is 3.56. The van der Waals surface area contributed by atoms with E-state index in [1.165, 1.54) is 0 Å². The summed E-state index contributed by atoms with van der Waals surface area (Å²) >= 11 is 0. The molecule has 150 valence electrons. The number of ketones is 1. The fraction of sp³-hybridized carbons (Fsp3) is 0.348. The number of rotatable bonds is 7. The third kappa shape index (κ3) is 5.16. The third-order valence-electron chi connectivity index (χ3n) is 5.28. The molecule has 0 aliphatic carbocycles. The monoisotopic (exact) mass is 390 g/mol. The minimum atomic E-state index is 0.223. The minimum absolute atomic E-state index is 0.223. The first kappa shape index (κ1) is 19.5. The van der Waals surface area contributed by atoms with Crippen LogP contribution in [0.15, 0.2) is 54.7 Å². The maximum absolute atomic E-state index is 12.4. The van der Waals surface area contributed by atoms with Crippen molar-refractivity contribution < 1.29 is 9.53 Å². The van der Waals surface area contributed by atoms with Gasteiger partial charge >= 0.3 is 0 Å². The van der Waals surface area contributed by atoms with Crippen LogP contribution in [0.2, 0.25) is 0 Å². The number of aromatic nitrogens is 3. The summed E-state index contributed by atoms with van der Waals surface area (Å²) in [5.41, 5.74) is 5.17. The summed E-state index contributed by atoms with van der Waals surface area (Å²) in [6.07, 6.45) is 2.88.